The zero-order valence-electron chi connectivity index (χ0n) is 15.9. The normalized spacial score (nSPS) is 10.8. The number of nitrogens with zero attached hydrogens (tertiary/aromatic N) is 1. The molecule has 4 rings (SSSR count). The fraction of sp³-hybridized carbons (Fsp3) is 0.0435. The van der Waals surface area contributed by atoms with Crippen LogP contribution < -0.4 is 5.32 Å². The standard InChI is InChI=1S/C23H16Cl2N2OS2/c1-29-17-6-7-18(19(13-17)14-3-2-4-15(24)11-14)22(28)27-16-5-8-21(25)20(12-16)23-26-9-10-30-23/h2-13H,1H3,(H,27,28). The van der Waals surface area contributed by atoms with Gasteiger partial charge in [0.15, 0.2) is 0 Å². The zero-order chi connectivity index (χ0) is 21.1. The van der Waals surface area contributed by atoms with Crippen LogP contribution >= 0.6 is 46.3 Å². The van der Waals surface area contributed by atoms with Gasteiger partial charge in [-0.1, -0.05) is 35.3 Å². The van der Waals surface area contributed by atoms with Crippen LogP contribution in [0, 0.1) is 0 Å². The van der Waals surface area contributed by atoms with Crippen LogP contribution in [-0.2, 0) is 0 Å². The topological polar surface area (TPSA) is 42.0 Å². The molecule has 0 fully saturated rings. The van der Waals surface area contributed by atoms with Gasteiger partial charge in [-0.15, -0.1) is 23.1 Å². The lowest BCUT2D eigenvalue weighted by Gasteiger charge is -2.13. The Hall–Kier alpha value is -2.31. The van der Waals surface area contributed by atoms with Crippen LogP contribution in [0.25, 0.3) is 21.7 Å². The number of carbonyl (C=O) groups is 1. The van der Waals surface area contributed by atoms with Gasteiger partial charge < -0.3 is 5.32 Å². The van der Waals surface area contributed by atoms with Crippen molar-refractivity contribution in [2.45, 2.75) is 4.90 Å². The molecule has 0 spiro atoms. The van der Waals surface area contributed by atoms with Crippen molar-refractivity contribution in [3.63, 3.8) is 0 Å². The molecule has 0 unspecified atom stereocenters. The maximum Gasteiger partial charge on any atom is 0.256 e. The number of hydrogen-bond donors (Lipinski definition) is 1. The van der Waals surface area contributed by atoms with E-state index in [-0.39, 0.29) is 5.91 Å². The molecule has 3 aromatic carbocycles. The van der Waals surface area contributed by atoms with E-state index in [0.717, 1.165) is 26.6 Å². The van der Waals surface area contributed by atoms with E-state index in [2.05, 4.69) is 10.3 Å². The van der Waals surface area contributed by atoms with E-state index in [0.29, 0.717) is 21.3 Å². The van der Waals surface area contributed by atoms with Crippen molar-refractivity contribution in [2.24, 2.45) is 0 Å². The fourth-order valence-electron chi connectivity index (χ4n) is 3.06. The molecule has 30 heavy (non-hydrogen) atoms. The van der Waals surface area contributed by atoms with Crippen molar-refractivity contribution >= 4 is 57.9 Å². The average Bonchev–Trinajstić information content (AvgIpc) is 3.29. The summed E-state index contributed by atoms with van der Waals surface area (Å²) in [5.41, 5.74) is 3.73. The second kappa shape index (κ2) is 9.23. The van der Waals surface area contributed by atoms with Crippen molar-refractivity contribution in [1.29, 1.82) is 0 Å². The van der Waals surface area contributed by atoms with Gasteiger partial charge in [0.2, 0.25) is 0 Å². The number of anilines is 1. The number of hydrogen-bond acceptors (Lipinski definition) is 4. The molecule has 1 amide bonds. The highest BCUT2D eigenvalue weighted by Crippen LogP contribution is 2.33. The van der Waals surface area contributed by atoms with E-state index in [1.807, 2.05) is 60.2 Å². The fourth-order valence-corrected chi connectivity index (χ4v) is 4.63. The molecule has 0 aliphatic rings. The summed E-state index contributed by atoms with van der Waals surface area (Å²) in [7, 11) is 0. The third-order valence-corrected chi connectivity index (χ3v) is 6.59. The maximum absolute atomic E-state index is 13.2. The van der Waals surface area contributed by atoms with Crippen LogP contribution in [0.5, 0.6) is 0 Å². The van der Waals surface area contributed by atoms with Crippen molar-refractivity contribution in [1.82, 2.24) is 4.98 Å². The van der Waals surface area contributed by atoms with Crippen LogP contribution in [0.2, 0.25) is 10.0 Å². The molecular formula is C23H16Cl2N2OS2. The third-order valence-electron chi connectivity index (χ3n) is 4.49. The predicted molar refractivity (Wildman–Crippen MR) is 129 cm³/mol. The predicted octanol–water partition coefficient (Wildman–Crippen LogP) is 7.76. The molecule has 0 radical (unpaired) electrons. The van der Waals surface area contributed by atoms with Crippen molar-refractivity contribution in [3.05, 3.63) is 87.8 Å². The number of thioether (sulfide) groups is 1. The molecule has 3 nitrogen and oxygen atoms in total. The average molecular weight is 471 g/mol. The largest absolute Gasteiger partial charge is 0.322 e. The van der Waals surface area contributed by atoms with Gasteiger partial charge in [0, 0.05) is 38.3 Å². The molecule has 7 heteroatoms. The Labute approximate surface area is 193 Å². The minimum atomic E-state index is -0.204. The van der Waals surface area contributed by atoms with Gasteiger partial charge in [-0.2, -0.15) is 0 Å². The first-order valence-electron chi connectivity index (χ1n) is 9.00. The van der Waals surface area contributed by atoms with Gasteiger partial charge in [0.1, 0.15) is 5.01 Å². The van der Waals surface area contributed by atoms with Gasteiger partial charge in [0.25, 0.3) is 5.91 Å². The second-order valence-electron chi connectivity index (χ2n) is 6.41. The molecule has 0 aliphatic heterocycles. The first-order chi connectivity index (χ1) is 14.5. The van der Waals surface area contributed by atoms with Gasteiger partial charge in [-0.25, -0.2) is 4.98 Å². The summed E-state index contributed by atoms with van der Waals surface area (Å²) in [6.45, 7) is 0. The number of nitrogens with one attached hydrogen (secondary N) is 1. The number of aromatic nitrogens is 1. The monoisotopic (exact) mass is 470 g/mol. The Bertz CT molecular complexity index is 1210. The minimum Gasteiger partial charge on any atom is -0.322 e. The molecule has 0 aliphatic carbocycles. The molecule has 150 valence electrons. The van der Waals surface area contributed by atoms with E-state index in [1.165, 1.54) is 11.3 Å². The van der Waals surface area contributed by atoms with Crippen LogP contribution in [0.3, 0.4) is 0 Å². The number of thiazole rings is 1. The Balaban J connectivity index is 1.70. The number of carbonyl (C=O) groups excluding carboxylic acids is 1. The third kappa shape index (κ3) is 4.55. The van der Waals surface area contributed by atoms with E-state index in [4.69, 9.17) is 23.2 Å². The summed E-state index contributed by atoms with van der Waals surface area (Å²) in [6, 6.07) is 18.7. The lowest BCUT2D eigenvalue weighted by molar-refractivity contribution is 0.102. The number of halogens is 2. The lowest BCUT2D eigenvalue weighted by atomic mass is 9.99. The maximum atomic E-state index is 13.2. The van der Waals surface area contributed by atoms with Gasteiger partial charge in [0.05, 0.1) is 5.02 Å². The number of rotatable bonds is 5. The first-order valence-corrected chi connectivity index (χ1v) is 11.9. The number of benzene rings is 3. The molecular weight excluding hydrogens is 455 g/mol. The van der Waals surface area contributed by atoms with Crippen molar-refractivity contribution in [3.8, 4) is 21.7 Å². The Kier molecular flexibility index (Phi) is 6.44. The molecule has 0 atom stereocenters. The Morgan fingerprint density at radius 3 is 2.63 bits per heavy atom. The highest BCUT2D eigenvalue weighted by molar-refractivity contribution is 7.98. The molecule has 0 bridgehead atoms. The molecule has 1 heterocycles. The smallest absolute Gasteiger partial charge is 0.256 e. The summed E-state index contributed by atoms with van der Waals surface area (Å²) in [5.74, 6) is -0.204. The van der Waals surface area contributed by atoms with E-state index < -0.39 is 0 Å². The Morgan fingerprint density at radius 1 is 1.03 bits per heavy atom. The lowest BCUT2D eigenvalue weighted by Crippen LogP contribution is -2.13. The van der Waals surface area contributed by atoms with Crippen molar-refractivity contribution < 1.29 is 4.79 Å². The summed E-state index contributed by atoms with van der Waals surface area (Å²) in [6.07, 6.45) is 3.73. The zero-order valence-corrected chi connectivity index (χ0v) is 19.0. The van der Waals surface area contributed by atoms with E-state index in [9.17, 15) is 4.79 Å². The summed E-state index contributed by atoms with van der Waals surface area (Å²) in [5, 5.41) is 6.90. The van der Waals surface area contributed by atoms with Gasteiger partial charge in [-0.3, -0.25) is 4.79 Å². The SMILES string of the molecule is CSc1ccc(C(=O)Nc2ccc(Cl)c(-c3nccs3)c2)c(-c2cccc(Cl)c2)c1. The van der Waals surface area contributed by atoms with Gasteiger partial charge >= 0.3 is 0 Å². The summed E-state index contributed by atoms with van der Waals surface area (Å²) >= 11 is 15.6. The quantitative estimate of drug-likeness (QED) is 0.303. The molecule has 4 aromatic rings. The summed E-state index contributed by atoms with van der Waals surface area (Å²) in [4.78, 5) is 18.6. The van der Waals surface area contributed by atoms with Crippen LogP contribution in [0.1, 0.15) is 10.4 Å². The van der Waals surface area contributed by atoms with Gasteiger partial charge in [-0.05, 0) is 65.9 Å². The number of amides is 1. The van der Waals surface area contributed by atoms with Crippen LogP contribution in [0.15, 0.2) is 77.1 Å². The van der Waals surface area contributed by atoms with E-state index >= 15 is 0 Å². The first kappa shape index (κ1) is 20.9. The highest BCUT2D eigenvalue weighted by Gasteiger charge is 2.16. The Morgan fingerprint density at radius 2 is 1.90 bits per heavy atom. The van der Waals surface area contributed by atoms with Crippen LogP contribution in [-0.4, -0.2) is 17.1 Å². The molecule has 1 aromatic heterocycles. The van der Waals surface area contributed by atoms with E-state index in [1.54, 1.807) is 30.1 Å². The highest BCUT2D eigenvalue weighted by atomic mass is 35.5. The molecule has 1 N–H and O–H groups in total. The van der Waals surface area contributed by atoms with Crippen molar-refractivity contribution in [2.75, 3.05) is 11.6 Å². The minimum absolute atomic E-state index is 0.204. The van der Waals surface area contributed by atoms with Crippen LogP contribution in [0.4, 0.5) is 5.69 Å². The second-order valence-corrected chi connectivity index (χ2v) is 9.03. The molecule has 0 saturated carbocycles. The molecule has 0 saturated heterocycles. The summed E-state index contributed by atoms with van der Waals surface area (Å²) < 4.78 is 0.